The fourth-order valence-electron chi connectivity index (χ4n) is 1.86. The molecule has 1 saturated carbocycles. The zero-order chi connectivity index (χ0) is 9.35. The van der Waals surface area contributed by atoms with Gasteiger partial charge in [-0.15, -0.1) is 0 Å². The van der Waals surface area contributed by atoms with Gasteiger partial charge in [0.25, 0.3) is 0 Å². The molecule has 0 radical (unpaired) electrons. The van der Waals surface area contributed by atoms with Crippen molar-refractivity contribution in [3.63, 3.8) is 0 Å². The highest BCUT2D eigenvalue weighted by atomic mass is 19.3. The Labute approximate surface area is 70.1 Å². The van der Waals surface area contributed by atoms with Crippen LogP contribution in [0.15, 0.2) is 0 Å². The molecule has 1 aliphatic rings. The summed E-state index contributed by atoms with van der Waals surface area (Å²) >= 11 is 0. The third kappa shape index (κ3) is 1.73. The summed E-state index contributed by atoms with van der Waals surface area (Å²) in [7, 11) is 0. The summed E-state index contributed by atoms with van der Waals surface area (Å²) in [6.45, 7) is 1.81. The number of hydrogen-bond donors (Lipinski definition) is 1. The molecule has 1 fully saturated rings. The quantitative estimate of drug-likeness (QED) is 0.683. The Hall–Kier alpha value is -0.670. The van der Waals surface area contributed by atoms with E-state index in [0.717, 1.165) is 0 Å². The molecule has 0 aromatic heterocycles. The van der Waals surface area contributed by atoms with Gasteiger partial charge in [0.2, 0.25) is 11.8 Å². The first-order chi connectivity index (χ1) is 5.46. The molecule has 1 amide bonds. The Balaban J connectivity index is 2.69. The van der Waals surface area contributed by atoms with Gasteiger partial charge in [-0.25, -0.2) is 8.78 Å². The van der Waals surface area contributed by atoms with Crippen molar-refractivity contribution in [2.45, 2.75) is 32.1 Å². The van der Waals surface area contributed by atoms with Crippen LogP contribution in [0.4, 0.5) is 8.78 Å². The van der Waals surface area contributed by atoms with Gasteiger partial charge in [-0.2, -0.15) is 0 Å². The van der Waals surface area contributed by atoms with E-state index in [2.05, 4.69) is 0 Å². The van der Waals surface area contributed by atoms with Crippen molar-refractivity contribution in [1.82, 2.24) is 0 Å². The van der Waals surface area contributed by atoms with Crippen LogP contribution in [0.2, 0.25) is 0 Å². The number of carbonyl (C=O) groups excluding carboxylic acids is 1. The first-order valence-corrected chi connectivity index (χ1v) is 4.13. The van der Waals surface area contributed by atoms with Gasteiger partial charge in [-0.1, -0.05) is 13.3 Å². The van der Waals surface area contributed by atoms with E-state index >= 15 is 0 Å². The minimum absolute atomic E-state index is 0.183. The summed E-state index contributed by atoms with van der Waals surface area (Å²) in [5.41, 5.74) is 5.01. The molecule has 0 heterocycles. The Kier molecular flexibility index (Phi) is 2.35. The molecule has 1 aliphatic carbocycles. The van der Waals surface area contributed by atoms with Gasteiger partial charge >= 0.3 is 0 Å². The van der Waals surface area contributed by atoms with Gasteiger partial charge in [0.1, 0.15) is 0 Å². The molecule has 4 heteroatoms. The molecule has 12 heavy (non-hydrogen) atoms. The molecule has 0 aromatic carbocycles. The molecule has 0 aromatic rings. The Bertz CT molecular complexity index is 193. The summed E-state index contributed by atoms with van der Waals surface area (Å²) in [4.78, 5) is 10.7. The zero-order valence-electron chi connectivity index (χ0n) is 7.02. The zero-order valence-corrected chi connectivity index (χ0v) is 7.02. The molecule has 0 aliphatic heterocycles. The van der Waals surface area contributed by atoms with E-state index in [1.807, 2.05) is 6.92 Å². The second-order valence-corrected chi connectivity index (χ2v) is 3.44. The molecular formula is C8H13F2NO. The Morgan fingerprint density at radius 2 is 2.17 bits per heavy atom. The van der Waals surface area contributed by atoms with E-state index in [9.17, 15) is 13.6 Å². The molecule has 1 rings (SSSR count). The highest BCUT2D eigenvalue weighted by Gasteiger charge is 2.47. The molecule has 0 bridgehead atoms. The predicted molar refractivity (Wildman–Crippen MR) is 40.6 cm³/mol. The lowest BCUT2D eigenvalue weighted by Gasteiger charge is -2.11. The van der Waals surface area contributed by atoms with Gasteiger partial charge in [-0.3, -0.25) is 4.79 Å². The van der Waals surface area contributed by atoms with Crippen LogP contribution in [0.3, 0.4) is 0 Å². The number of primary amides is 1. The molecular weight excluding hydrogens is 164 g/mol. The summed E-state index contributed by atoms with van der Waals surface area (Å²) in [5, 5.41) is 0. The third-order valence-corrected chi connectivity index (χ3v) is 2.54. The largest absolute Gasteiger partial charge is 0.369 e. The number of rotatable bonds is 2. The lowest BCUT2D eigenvalue weighted by atomic mass is 9.93. The molecule has 70 valence electrons. The lowest BCUT2D eigenvalue weighted by molar-refractivity contribution is -0.123. The average molecular weight is 177 g/mol. The molecule has 0 saturated heterocycles. The van der Waals surface area contributed by atoms with E-state index in [-0.39, 0.29) is 18.8 Å². The van der Waals surface area contributed by atoms with Crippen molar-refractivity contribution in [2.75, 3.05) is 0 Å². The average Bonchev–Trinajstić information content (AvgIpc) is 2.25. The van der Waals surface area contributed by atoms with Crippen LogP contribution in [0.1, 0.15) is 26.2 Å². The first-order valence-electron chi connectivity index (χ1n) is 4.13. The van der Waals surface area contributed by atoms with Crippen LogP contribution in [0.5, 0.6) is 0 Å². The normalized spacial score (nSPS) is 33.6. The number of hydrogen-bond acceptors (Lipinski definition) is 1. The minimum atomic E-state index is -2.68. The first kappa shape index (κ1) is 9.42. The van der Waals surface area contributed by atoms with Crippen LogP contribution < -0.4 is 5.73 Å². The van der Waals surface area contributed by atoms with E-state index in [0.29, 0.717) is 6.42 Å². The van der Waals surface area contributed by atoms with Gasteiger partial charge < -0.3 is 5.73 Å². The molecule has 2 atom stereocenters. The van der Waals surface area contributed by atoms with E-state index < -0.39 is 17.7 Å². The summed E-state index contributed by atoms with van der Waals surface area (Å²) in [6.07, 6.45) is 0.0567. The second-order valence-electron chi connectivity index (χ2n) is 3.44. The number of halogens is 2. The maximum atomic E-state index is 12.8. The Morgan fingerprint density at radius 1 is 1.58 bits per heavy atom. The highest BCUT2D eigenvalue weighted by Crippen LogP contribution is 2.44. The number of alkyl halides is 2. The van der Waals surface area contributed by atoms with Crippen molar-refractivity contribution in [1.29, 1.82) is 0 Å². The fourth-order valence-corrected chi connectivity index (χ4v) is 1.86. The maximum absolute atomic E-state index is 12.8. The second kappa shape index (κ2) is 2.99. The predicted octanol–water partition coefficient (Wildman–Crippen LogP) is 1.54. The van der Waals surface area contributed by atoms with E-state index in [4.69, 9.17) is 5.73 Å². The van der Waals surface area contributed by atoms with Crippen molar-refractivity contribution in [2.24, 2.45) is 17.6 Å². The number of carbonyl (C=O) groups is 1. The Morgan fingerprint density at radius 3 is 2.50 bits per heavy atom. The monoisotopic (exact) mass is 177 g/mol. The number of nitrogens with two attached hydrogens (primary N) is 1. The molecule has 2 N–H and O–H groups in total. The molecule has 0 spiro atoms. The van der Waals surface area contributed by atoms with Crippen molar-refractivity contribution < 1.29 is 13.6 Å². The third-order valence-electron chi connectivity index (χ3n) is 2.54. The smallest absolute Gasteiger partial charge is 0.249 e. The van der Waals surface area contributed by atoms with E-state index in [1.54, 1.807) is 0 Å². The van der Waals surface area contributed by atoms with Crippen molar-refractivity contribution in [3.05, 3.63) is 0 Å². The van der Waals surface area contributed by atoms with Crippen molar-refractivity contribution in [3.8, 4) is 0 Å². The topological polar surface area (TPSA) is 43.1 Å². The van der Waals surface area contributed by atoms with Crippen LogP contribution in [0.25, 0.3) is 0 Å². The van der Waals surface area contributed by atoms with Gasteiger partial charge in [0.15, 0.2) is 0 Å². The van der Waals surface area contributed by atoms with Gasteiger partial charge in [0.05, 0.1) is 0 Å². The standard InChI is InChI=1S/C8H13F2NO/c1-2-5-3-8(9,10)4-6(5)7(11)12/h5-6H,2-4H2,1H3,(H2,11,12). The summed E-state index contributed by atoms with van der Waals surface area (Å²) in [5.74, 6) is -4.11. The van der Waals surface area contributed by atoms with Crippen LogP contribution >= 0.6 is 0 Å². The SMILES string of the molecule is CCC1CC(F)(F)CC1C(N)=O. The van der Waals surface area contributed by atoms with Gasteiger partial charge in [0, 0.05) is 18.8 Å². The van der Waals surface area contributed by atoms with Crippen LogP contribution in [0, 0.1) is 11.8 Å². The lowest BCUT2D eigenvalue weighted by Crippen LogP contribution is -2.26. The minimum Gasteiger partial charge on any atom is -0.369 e. The maximum Gasteiger partial charge on any atom is 0.249 e. The van der Waals surface area contributed by atoms with E-state index in [1.165, 1.54) is 0 Å². The van der Waals surface area contributed by atoms with Crippen LogP contribution in [-0.4, -0.2) is 11.8 Å². The molecule has 2 unspecified atom stereocenters. The summed E-state index contributed by atoms with van der Waals surface area (Å²) < 4.78 is 25.6. The highest BCUT2D eigenvalue weighted by molar-refractivity contribution is 5.77. The summed E-state index contributed by atoms with van der Waals surface area (Å²) in [6, 6.07) is 0. The molecule has 2 nitrogen and oxygen atoms in total. The fraction of sp³-hybridized carbons (Fsp3) is 0.875. The van der Waals surface area contributed by atoms with Crippen LogP contribution in [-0.2, 0) is 4.79 Å². The van der Waals surface area contributed by atoms with Crippen molar-refractivity contribution >= 4 is 5.91 Å². The number of amides is 1. The van der Waals surface area contributed by atoms with Gasteiger partial charge in [-0.05, 0) is 5.92 Å².